The molecule has 0 aromatic heterocycles. The van der Waals surface area contributed by atoms with Crippen molar-refractivity contribution in [3.05, 3.63) is 0 Å². The summed E-state index contributed by atoms with van der Waals surface area (Å²) in [5.74, 6) is 0. The highest BCUT2D eigenvalue weighted by atomic mass is 16.5. The summed E-state index contributed by atoms with van der Waals surface area (Å²) in [6.07, 6.45) is 2.60. The van der Waals surface area contributed by atoms with Crippen molar-refractivity contribution in [3.63, 3.8) is 0 Å². The number of aliphatic hydroxyl groups excluding tert-OH is 1. The minimum Gasteiger partial charge on any atom is -0.396 e. The highest BCUT2D eigenvalue weighted by Crippen LogP contribution is 2.28. The van der Waals surface area contributed by atoms with Crippen LogP contribution in [0.5, 0.6) is 0 Å². The predicted molar refractivity (Wildman–Crippen MR) is 66.5 cm³/mol. The van der Waals surface area contributed by atoms with Crippen molar-refractivity contribution >= 4 is 0 Å². The van der Waals surface area contributed by atoms with Crippen LogP contribution in [0, 0.1) is 5.41 Å². The molecule has 16 heavy (non-hydrogen) atoms. The molecular formula is C13H27NO2. The highest BCUT2D eigenvalue weighted by Gasteiger charge is 2.33. The number of ether oxygens (including phenoxy) is 1. The standard InChI is InChI=1S/C13H27NO2/c1-12(2,3)16-11-6-10(7-11)14-8-13(4,5)9-15/h10-11,14-15H,6-9H2,1-5H3. The number of hydrogen-bond acceptors (Lipinski definition) is 3. The van der Waals surface area contributed by atoms with Gasteiger partial charge in [-0.1, -0.05) is 13.8 Å². The van der Waals surface area contributed by atoms with Gasteiger partial charge in [-0.05, 0) is 33.6 Å². The van der Waals surface area contributed by atoms with E-state index in [1.54, 1.807) is 0 Å². The maximum Gasteiger partial charge on any atom is 0.0612 e. The van der Waals surface area contributed by atoms with Crippen LogP contribution < -0.4 is 5.32 Å². The smallest absolute Gasteiger partial charge is 0.0612 e. The fourth-order valence-corrected chi connectivity index (χ4v) is 1.81. The van der Waals surface area contributed by atoms with Gasteiger partial charge in [0.25, 0.3) is 0 Å². The third-order valence-corrected chi connectivity index (χ3v) is 2.91. The van der Waals surface area contributed by atoms with Crippen molar-refractivity contribution in [2.75, 3.05) is 13.2 Å². The van der Waals surface area contributed by atoms with Crippen LogP contribution in [0.2, 0.25) is 0 Å². The Balaban J connectivity index is 2.13. The first-order chi connectivity index (χ1) is 7.22. The number of rotatable bonds is 5. The van der Waals surface area contributed by atoms with Gasteiger partial charge in [0.1, 0.15) is 0 Å². The molecule has 3 heteroatoms. The molecule has 2 N–H and O–H groups in total. The van der Waals surface area contributed by atoms with Crippen LogP contribution in [0.4, 0.5) is 0 Å². The van der Waals surface area contributed by atoms with Crippen LogP contribution >= 0.6 is 0 Å². The average molecular weight is 229 g/mol. The molecule has 0 aliphatic heterocycles. The predicted octanol–water partition coefficient (Wildman–Crippen LogP) is 1.94. The Labute approximate surface area is 99.6 Å². The molecule has 1 aliphatic rings. The molecule has 0 radical (unpaired) electrons. The number of aliphatic hydroxyl groups is 1. The van der Waals surface area contributed by atoms with Crippen LogP contribution in [0.15, 0.2) is 0 Å². The second-order valence-electron chi connectivity index (χ2n) is 6.72. The first-order valence-corrected chi connectivity index (χ1v) is 6.24. The summed E-state index contributed by atoms with van der Waals surface area (Å²) in [4.78, 5) is 0. The van der Waals surface area contributed by atoms with Gasteiger partial charge in [-0.2, -0.15) is 0 Å². The molecule has 96 valence electrons. The lowest BCUT2D eigenvalue weighted by molar-refractivity contribution is -0.103. The van der Waals surface area contributed by atoms with Crippen LogP contribution in [0.25, 0.3) is 0 Å². The van der Waals surface area contributed by atoms with E-state index >= 15 is 0 Å². The van der Waals surface area contributed by atoms with E-state index in [4.69, 9.17) is 9.84 Å². The molecule has 0 atom stereocenters. The molecule has 0 saturated heterocycles. The minimum absolute atomic E-state index is 0.0179. The Bertz CT molecular complexity index is 214. The largest absolute Gasteiger partial charge is 0.396 e. The van der Waals surface area contributed by atoms with E-state index in [2.05, 4.69) is 39.9 Å². The summed E-state index contributed by atoms with van der Waals surface area (Å²) in [5.41, 5.74) is -0.0457. The van der Waals surface area contributed by atoms with Gasteiger partial charge in [0.2, 0.25) is 0 Å². The van der Waals surface area contributed by atoms with E-state index in [-0.39, 0.29) is 17.6 Å². The maximum atomic E-state index is 9.14. The van der Waals surface area contributed by atoms with E-state index in [9.17, 15) is 0 Å². The molecule has 1 aliphatic carbocycles. The molecule has 0 bridgehead atoms. The van der Waals surface area contributed by atoms with Gasteiger partial charge in [-0.3, -0.25) is 0 Å². The van der Waals surface area contributed by atoms with Crippen LogP contribution in [-0.2, 0) is 4.74 Å². The lowest BCUT2D eigenvalue weighted by Gasteiger charge is -2.40. The van der Waals surface area contributed by atoms with E-state index in [1.165, 1.54) is 0 Å². The molecule has 1 saturated carbocycles. The summed E-state index contributed by atoms with van der Waals surface area (Å²) in [6, 6.07) is 0.568. The molecule has 3 nitrogen and oxygen atoms in total. The van der Waals surface area contributed by atoms with E-state index in [0.717, 1.165) is 19.4 Å². The summed E-state index contributed by atoms with van der Waals surface area (Å²) >= 11 is 0. The van der Waals surface area contributed by atoms with E-state index < -0.39 is 0 Å². The van der Waals surface area contributed by atoms with Crippen LogP contribution in [0.1, 0.15) is 47.5 Å². The van der Waals surface area contributed by atoms with Gasteiger partial charge in [-0.15, -0.1) is 0 Å². The topological polar surface area (TPSA) is 41.5 Å². The Hall–Kier alpha value is -0.120. The fourth-order valence-electron chi connectivity index (χ4n) is 1.81. The van der Waals surface area contributed by atoms with Crippen molar-refractivity contribution in [1.29, 1.82) is 0 Å². The normalized spacial score (nSPS) is 26.6. The third kappa shape index (κ3) is 4.81. The Morgan fingerprint density at radius 1 is 1.19 bits per heavy atom. The van der Waals surface area contributed by atoms with Crippen molar-refractivity contribution in [2.45, 2.75) is 65.2 Å². The summed E-state index contributed by atoms with van der Waals surface area (Å²) in [6.45, 7) is 11.5. The minimum atomic E-state index is -0.0278. The monoisotopic (exact) mass is 229 g/mol. The zero-order valence-corrected chi connectivity index (χ0v) is 11.3. The van der Waals surface area contributed by atoms with Crippen LogP contribution in [-0.4, -0.2) is 36.0 Å². The Morgan fingerprint density at radius 3 is 2.19 bits per heavy atom. The summed E-state index contributed by atoms with van der Waals surface area (Å²) in [5, 5.41) is 12.6. The second kappa shape index (κ2) is 5.03. The number of nitrogens with one attached hydrogen (secondary N) is 1. The van der Waals surface area contributed by atoms with Crippen molar-refractivity contribution in [1.82, 2.24) is 5.32 Å². The quantitative estimate of drug-likeness (QED) is 0.757. The molecule has 0 aromatic rings. The lowest BCUT2D eigenvalue weighted by Crippen LogP contribution is -2.50. The average Bonchev–Trinajstić information content (AvgIpc) is 2.07. The van der Waals surface area contributed by atoms with Gasteiger partial charge < -0.3 is 15.2 Å². The van der Waals surface area contributed by atoms with Crippen LogP contribution in [0.3, 0.4) is 0 Å². The molecular weight excluding hydrogens is 202 g/mol. The number of hydrogen-bond donors (Lipinski definition) is 2. The first-order valence-electron chi connectivity index (χ1n) is 6.24. The zero-order chi connectivity index (χ0) is 12.4. The second-order valence-corrected chi connectivity index (χ2v) is 6.72. The van der Waals surface area contributed by atoms with E-state index in [1.807, 2.05) is 0 Å². The fraction of sp³-hybridized carbons (Fsp3) is 1.00. The summed E-state index contributed by atoms with van der Waals surface area (Å²) < 4.78 is 5.87. The summed E-state index contributed by atoms with van der Waals surface area (Å²) in [7, 11) is 0. The zero-order valence-electron chi connectivity index (χ0n) is 11.3. The molecule has 1 fully saturated rings. The van der Waals surface area contributed by atoms with Crippen molar-refractivity contribution in [3.8, 4) is 0 Å². The maximum absolute atomic E-state index is 9.14. The molecule has 0 amide bonds. The SMILES string of the molecule is CC(C)(CO)CNC1CC(OC(C)(C)C)C1. The Morgan fingerprint density at radius 2 is 1.75 bits per heavy atom. The van der Waals surface area contributed by atoms with Gasteiger partial charge in [0.05, 0.1) is 11.7 Å². The Kier molecular flexibility index (Phi) is 4.38. The molecule has 0 heterocycles. The molecule has 0 spiro atoms. The van der Waals surface area contributed by atoms with E-state index in [0.29, 0.717) is 12.1 Å². The molecule has 0 unspecified atom stereocenters. The van der Waals surface area contributed by atoms with Gasteiger partial charge in [0, 0.05) is 24.6 Å². The third-order valence-electron chi connectivity index (χ3n) is 2.91. The van der Waals surface area contributed by atoms with Gasteiger partial charge >= 0.3 is 0 Å². The molecule has 0 aromatic carbocycles. The van der Waals surface area contributed by atoms with Crippen molar-refractivity contribution in [2.24, 2.45) is 5.41 Å². The lowest BCUT2D eigenvalue weighted by atomic mass is 9.86. The van der Waals surface area contributed by atoms with Gasteiger partial charge in [0.15, 0.2) is 0 Å². The van der Waals surface area contributed by atoms with Gasteiger partial charge in [-0.25, -0.2) is 0 Å². The first kappa shape index (κ1) is 13.9. The molecule has 1 rings (SSSR count). The van der Waals surface area contributed by atoms with Crippen molar-refractivity contribution < 1.29 is 9.84 Å². The highest BCUT2D eigenvalue weighted by molar-refractivity contribution is 4.88.